The standard InChI is InChI=1S/C16H32N2/c1-2-14-4-3-5-16(7-6-14)18-12-9-15(8-11-17)10-13-18/h14-16H,2-13,17H2,1H3. The van der Waals surface area contributed by atoms with Crippen LogP contribution in [0.15, 0.2) is 0 Å². The smallest absolute Gasteiger partial charge is 0.00953 e. The third-order valence-electron chi connectivity index (χ3n) is 5.38. The van der Waals surface area contributed by atoms with Crippen molar-refractivity contribution in [1.82, 2.24) is 4.90 Å². The minimum absolute atomic E-state index is 0.881. The first-order valence-electron chi connectivity index (χ1n) is 8.27. The van der Waals surface area contributed by atoms with E-state index in [0.29, 0.717) is 0 Å². The molecule has 0 bridgehead atoms. The van der Waals surface area contributed by atoms with Crippen molar-refractivity contribution in [3.63, 3.8) is 0 Å². The number of likely N-dealkylation sites (tertiary alicyclic amines) is 1. The van der Waals surface area contributed by atoms with Crippen molar-refractivity contribution in [2.24, 2.45) is 17.6 Å². The third-order valence-corrected chi connectivity index (χ3v) is 5.38. The summed E-state index contributed by atoms with van der Waals surface area (Å²) in [6.45, 7) is 5.92. The lowest BCUT2D eigenvalue weighted by Crippen LogP contribution is -2.41. The van der Waals surface area contributed by atoms with Crippen LogP contribution in [0.2, 0.25) is 0 Å². The molecule has 1 aliphatic carbocycles. The molecule has 0 aromatic heterocycles. The molecule has 2 heteroatoms. The van der Waals surface area contributed by atoms with Crippen LogP contribution in [0.5, 0.6) is 0 Å². The number of piperidine rings is 1. The summed E-state index contributed by atoms with van der Waals surface area (Å²) in [7, 11) is 0. The van der Waals surface area contributed by atoms with E-state index in [0.717, 1.165) is 24.4 Å². The van der Waals surface area contributed by atoms with E-state index in [4.69, 9.17) is 5.73 Å². The fourth-order valence-corrected chi connectivity index (χ4v) is 3.97. The van der Waals surface area contributed by atoms with Crippen molar-refractivity contribution >= 4 is 0 Å². The van der Waals surface area contributed by atoms with Crippen LogP contribution in [0, 0.1) is 11.8 Å². The summed E-state index contributed by atoms with van der Waals surface area (Å²) in [5, 5.41) is 0. The van der Waals surface area contributed by atoms with Gasteiger partial charge in [0.1, 0.15) is 0 Å². The lowest BCUT2D eigenvalue weighted by atomic mass is 9.91. The Bertz CT molecular complexity index is 221. The van der Waals surface area contributed by atoms with Gasteiger partial charge in [0.2, 0.25) is 0 Å². The number of hydrogen-bond donors (Lipinski definition) is 1. The molecule has 106 valence electrons. The summed E-state index contributed by atoms with van der Waals surface area (Å²) >= 11 is 0. The van der Waals surface area contributed by atoms with Gasteiger partial charge in [-0.15, -0.1) is 0 Å². The van der Waals surface area contributed by atoms with Gasteiger partial charge < -0.3 is 10.6 Å². The molecule has 2 rings (SSSR count). The van der Waals surface area contributed by atoms with E-state index in [1.807, 2.05) is 0 Å². The molecular formula is C16H32N2. The van der Waals surface area contributed by atoms with Crippen molar-refractivity contribution in [2.75, 3.05) is 19.6 Å². The molecule has 0 spiro atoms. The molecule has 2 N–H and O–H groups in total. The molecule has 2 aliphatic rings. The summed E-state index contributed by atoms with van der Waals surface area (Å²) in [5.74, 6) is 1.94. The van der Waals surface area contributed by atoms with E-state index >= 15 is 0 Å². The van der Waals surface area contributed by atoms with Gasteiger partial charge in [0, 0.05) is 6.04 Å². The summed E-state index contributed by atoms with van der Waals surface area (Å²) in [6.07, 6.45) is 12.8. The largest absolute Gasteiger partial charge is 0.330 e. The number of hydrogen-bond acceptors (Lipinski definition) is 2. The molecule has 0 radical (unpaired) electrons. The third kappa shape index (κ3) is 3.96. The van der Waals surface area contributed by atoms with E-state index in [9.17, 15) is 0 Å². The lowest BCUT2D eigenvalue weighted by Gasteiger charge is -2.37. The summed E-state index contributed by atoms with van der Waals surface area (Å²) < 4.78 is 0. The van der Waals surface area contributed by atoms with Crippen LogP contribution in [0.4, 0.5) is 0 Å². The maximum Gasteiger partial charge on any atom is 0.00953 e. The maximum absolute atomic E-state index is 5.67. The van der Waals surface area contributed by atoms with Crippen molar-refractivity contribution in [3.8, 4) is 0 Å². The molecule has 1 saturated carbocycles. The highest BCUT2D eigenvalue weighted by molar-refractivity contribution is 4.81. The first-order valence-corrected chi connectivity index (χ1v) is 8.27. The predicted molar refractivity (Wildman–Crippen MR) is 78.6 cm³/mol. The average Bonchev–Trinajstić information content (AvgIpc) is 2.65. The van der Waals surface area contributed by atoms with Crippen molar-refractivity contribution in [1.29, 1.82) is 0 Å². The quantitative estimate of drug-likeness (QED) is 0.777. The molecule has 1 heterocycles. The maximum atomic E-state index is 5.67. The Labute approximate surface area is 113 Å². The van der Waals surface area contributed by atoms with Gasteiger partial charge in [-0.05, 0) is 70.0 Å². The van der Waals surface area contributed by atoms with E-state index in [1.54, 1.807) is 0 Å². The molecule has 2 nitrogen and oxygen atoms in total. The Morgan fingerprint density at radius 1 is 0.944 bits per heavy atom. The molecule has 0 aromatic rings. The second-order valence-electron chi connectivity index (χ2n) is 6.49. The topological polar surface area (TPSA) is 29.3 Å². The second kappa shape index (κ2) is 7.49. The second-order valence-corrected chi connectivity index (χ2v) is 6.49. The van der Waals surface area contributed by atoms with Crippen LogP contribution in [0.3, 0.4) is 0 Å². The highest BCUT2D eigenvalue weighted by Gasteiger charge is 2.26. The zero-order valence-corrected chi connectivity index (χ0v) is 12.2. The Kier molecular flexibility index (Phi) is 5.97. The van der Waals surface area contributed by atoms with Crippen molar-refractivity contribution in [3.05, 3.63) is 0 Å². The summed E-state index contributed by atoms with van der Waals surface area (Å²) in [5.41, 5.74) is 5.67. The molecular weight excluding hydrogens is 220 g/mol. The van der Waals surface area contributed by atoms with E-state index in [-0.39, 0.29) is 0 Å². The van der Waals surface area contributed by atoms with Crippen LogP contribution in [0.25, 0.3) is 0 Å². The van der Waals surface area contributed by atoms with Gasteiger partial charge in [-0.2, -0.15) is 0 Å². The zero-order chi connectivity index (χ0) is 12.8. The van der Waals surface area contributed by atoms with Crippen LogP contribution < -0.4 is 5.73 Å². The summed E-state index contributed by atoms with van der Waals surface area (Å²) in [4.78, 5) is 2.80. The predicted octanol–water partition coefficient (Wildman–Crippen LogP) is 3.41. The first-order chi connectivity index (χ1) is 8.83. The lowest BCUT2D eigenvalue weighted by molar-refractivity contribution is 0.118. The highest BCUT2D eigenvalue weighted by Crippen LogP contribution is 2.30. The fourth-order valence-electron chi connectivity index (χ4n) is 3.97. The number of rotatable bonds is 4. The average molecular weight is 252 g/mol. The highest BCUT2D eigenvalue weighted by atomic mass is 15.2. The molecule has 1 saturated heterocycles. The van der Waals surface area contributed by atoms with Gasteiger partial charge in [0.25, 0.3) is 0 Å². The normalized spacial score (nSPS) is 32.3. The molecule has 2 atom stereocenters. The van der Waals surface area contributed by atoms with Gasteiger partial charge in [-0.25, -0.2) is 0 Å². The molecule has 2 fully saturated rings. The molecule has 18 heavy (non-hydrogen) atoms. The minimum Gasteiger partial charge on any atom is -0.330 e. The van der Waals surface area contributed by atoms with Gasteiger partial charge in [0.15, 0.2) is 0 Å². The Morgan fingerprint density at radius 2 is 1.72 bits per heavy atom. The van der Waals surface area contributed by atoms with Crippen molar-refractivity contribution in [2.45, 2.75) is 70.8 Å². The first kappa shape index (κ1) is 14.3. The van der Waals surface area contributed by atoms with Gasteiger partial charge >= 0.3 is 0 Å². The summed E-state index contributed by atoms with van der Waals surface area (Å²) in [6, 6.07) is 0.903. The van der Waals surface area contributed by atoms with E-state index in [2.05, 4.69) is 11.8 Å². The van der Waals surface area contributed by atoms with Gasteiger partial charge in [-0.3, -0.25) is 0 Å². The fraction of sp³-hybridized carbons (Fsp3) is 1.00. The SMILES string of the molecule is CCC1CCCC(N2CCC(CCN)CC2)CC1. The Hall–Kier alpha value is -0.0800. The zero-order valence-electron chi connectivity index (χ0n) is 12.2. The monoisotopic (exact) mass is 252 g/mol. The number of nitrogens with zero attached hydrogens (tertiary/aromatic N) is 1. The molecule has 2 unspecified atom stereocenters. The van der Waals surface area contributed by atoms with Crippen LogP contribution in [-0.2, 0) is 0 Å². The van der Waals surface area contributed by atoms with Crippen LogP contribution >= 0.6 is 0 Å². The molecule has 1 aliphatic heterocycles. The Balaban J connectivity index is 1.75. The number of nitrogens with two attached hydrogens (primary N) is 1. The van der Waals surface area contributed by atoms with Crippen molar-refractivity contribution < 1.29 is 0 Å². The van der Waals surface area contributed by atoms with E-state index < -0.39 is 0 Å². The molecule has 0 amide bonds. The minimum atomic E-state index is 0.881. The van der Waals surface area contributed by atoms with Gasteiger partial charge in [0.05, 0.1) is 0 Å². The van der Waals surface area contributed by atoms with Crippen LogP contribution in [0.1, 0.15) is 64.7 Å². The Morgan fingerprint density at radius 3 is 2.39 bits per heavy atom. The van der Waals surface area contributed by atoms with E-state index in [1.165, 1.54) is 70.9 Å². The molecule has 0 aromatic carbocycles. The van der Waals surface area contributed by atoms with Crippen LogP contribution in [-0.4, -0.2) is 30.6 Å². The van der Waals surface area contributed by atoms with Gasteiger partial charge in [-0.1, -0.05) is 26.2 Å².